The maximum atomic E-state index is 11.8. The van der Waals surface area contributed by atoms with E-state index in [0.29, 0.717) is 12.8 Å². The highest BCUT2D eigenvalue weighted by Gasteiger charge is 2.97. The summed E-state index contributed by atoms with van der Waals surface area (Å²) in [6.45, 7) is 3.61. The van der Waals surface area contributed by atoms with Gasteiger partial charge in [-0.3, -0.25) is 14.9 Å². The van der Waals surface area contributed by atoms with Crippen molar-refractivity contribution in [2.24, 2.45) is 16.2 Å². The molecule has 2 aliphatic rings. The average molecular weight is 217 g/mol. The number of amides is 2. The standard InChI is InChI=1S/C11H11N3O2/c1-3-9(4-2)10(5-12)7(15)14-8(16)11(9,10)6-13/h3-4H2,1-2H3,(H,14,15,16)/t10-,11+. The molecular weight excluding hydrogens is 206 g/mol. The van der Waals surface area contributed by atoms with Crippen molar-refractivity contribution in [3.63, 3.8) is 0 Å². The summed E-state index contributed by atoms with van der Waals surface area (Å²) in [7, 11) is 0. The fourth-order valence-electron chi connectivity index (χ4n) is 3.55. The highest BCUT2D eigenvalue weighted by molar-refractivity contribution is 6.19. The molecule has 5 heteroatoms. The fraction of sp³-hybridized carbons (Fsp3) is 0.636. The molecule has 1 aliphatic heterocycles. The zero-order valence-corrected chi connectivity index (χ0v) is 9.13. The molecule has 0 unspecified atom stereocenters. The Kier molecular flexibility index (Phi) is 1.74. The number of carbonyl (C=O) groups is 2. The van der Waals surface area contributed by atoms with Crippen molar-refractivity contribution in [3.8, 4) is 12.1 Å². The van der Waals surface area contributed by atoms with Gasteiger partial charge in [0, 0.05) is 5.41 Å². The quantitative estimate of drug-likeness (QED) is 0.681. The zero-order chi connectivity index (χ0) is 12.2. The van der Waals surface area contributed by atoms with E-state index < -0.39 is 28.1 Å². The van der Waals surface area contributed by atoms with Crippen LogP contribution < -0.4 is 5.32 Å². The van der Waals surface area contributed by atoms with Gasteiger partial charge in [-0.15, -0.1) is 0 Å². The molecule has 0 aromatic heterocycles. The number of imide groups is 1. The summed E-state index contributed by atoms with van der Waals surface area (Å²) in [5, 5.41) is 20.6. The van der Waals surface area contributed by atoms with Crippen LogP contribution >= 0.6 is 0 Å². The molecule has 1 N–H and O–H groups in total. The van der Waals surface area contributed by atoms with E-state index in [4.69, 9.17) is 0 Å². The van der Waals surface area contributed by atoms with Crippen LogP contribution in [0.15, 0.2) is 0 Å². The van der Waals surface area contributed by atoms with Crippen molar-refractivity contribution in [1.82, 2.24) is 5.32 Å². The average Bonchev–Trinajstić information content (AvgIpc) is 2.77. The van der Waals surface area contributed by atoms with E-state index in [1.54, 1.807) is 13.8 Å². The second-order valence-corrected chi connectivity index (χ2v) is 4.30. The van der Waals surface area contributed by atoms with Crippen LogP contribution in [0.3, 0.4) is 0 Å². The van der Waals surface area contributed by atoms with Crippen LogP contribution in [0, 0.1) is 38.9 Å². The van der Waals surface area contributed by atoms with Crippen molar-refractivity contribution in [3.05, 3.63) is 0 Å². The Morgan fingerprint density at radius 3 is 1.62 bits per heavy atom. The number of nitrogens with one attached hydrogen (secondary N) is 1. The summed E-state index contributed by atoms with van der Waals surface area (Å²) in [6.07, 6.45) is 0.952. The lowest BCUT2D eigenvalue weighted by atomic mass is 9.85. The van der Waals surface area contributed by atoms with E-state index in [0.717, 1.165) is 0 Å². The van der Waals surface area contributed by atoms with Crippen molar-refractivity contribution >= 4 is 11.8 Å². The minimum absolute atomic E-state index is 0.476. The number of carbonyl (C=O) groups excluding carboxylic acids is 2. The van der Waals surface area contributed by atoms with Crippen molar-refractivity contribution in [1.29, 1.82) is 10.5 Å². The molecule has 1 heterocycles. The van der Waals surface area contributed by atoms with E-state index in [1.807, 2.05) is 12.1 Å². The number of hydrogen-bond acceptors (Lipinski definition) is 4. The number of nitriles is 2. The number of hydrogen-bond donors (Lipinski definition) is 1. The van der Waals surface area contributed by atoms with Crippen LogP contribution in [0.4, 0.5) is 0 Å². The Morgan fingerprint density at radius 2 is 1.44 bits per heavy atom. The van der Waals surface area contributed by atoms with E-state index in [9.17, 15) is 20.1 Å². The predicted molar refractivity (Wildman–Crippen MR) is 52.3 cm³/mol. The van der Waals surface area contributed by atoms with Crippen molar-refractivity contribution in [2.45, 2.75) is 26.7 Å². The third-order valence-electron chi connectivity index (χ3n) is 4.39. The van der Waals surface area contributed by atoms with Gasteiger partial charge in [0.15, 0.2) is 10.8 Å². The van der Waals surface area contributed by atoms with Gasteiger partial charge < -0.3 is 0 Å². The van der Waals surface area contributed by atoms with Gasteiger partial charge in [-0.2, -0.15) is 10.5 Å². The molecule has 2 rings (SSSR count). The van der Waals surface area contributed by atoms with Crippen LogP contribution in [0.1, 0.15) is 26.7 Å². The molecule has 0 bridgehead atoms. The smallest absolute Gasteiger partial charge is 0.249 e. The maximum absolute atomic E-state index is 11.8. The number of fused-ring (bicyclic) bond motifs is 1. The second kappa shape index (κ2) is 2.62. The Morgan fingerprint density at radius 1 is 1.06 bits per heavy atom. The van der Waals surface area contributed by atoms with Gasteiger partial charge in [0.1, 0.15) is 0 Å². The summed E-state index contributed by atoms with van der Waals surface area (Å²) >= 11 is 0. The molecule has 2 amide bonds. The van der Waals surface area contributed by atoms with Crippen LogP contribution in [-0.2, 0) is 9.59 Å². The Hall–Kier alpha value is -1.88. The van der Waals surface area contributed by atoms with E-state index >= 15 is 0 Å². The molecule has 0 aromatic carbocycles. The summed E-state index contributed by atoms with van der Waals surface area (Å²) < 4.78 is 0. The van der Waals surface area contributed by atoms with Crippen LogP contribution in [0.2, 0.25) is 0 Å². The summed E-state index contributed by atoms with van der Waals surface area (Å²) in [6, 6.07) is 3.85. The first-order valence-electron chi connectivity index (χ1n) is 5.23. The van der Waals surface area contributed by atoms with E-state index in [1.165, 1.54) is 0 Å². The first-order chi connectivity index (χ1) is 7.54. The molecule has 16 heavy (non-hydrogen) atoms. The molecule has 2 fully saturated rings. The van der Waals surface area contributed by atoms with Gasteiger partial charge in [-0.1, -0.05) is 13.8 Å². The molecule has 1 saturated heterocycles. The molecule has 0 radical (unpaired) electrons. The van der Waals surface area contributed by atoms with Crippen LogP contribution in [-0.4, -0.2) is 11.8 Å². The summed E-state index contributed by atoms with van der Waals surface area (Å²) in [4.78, 5) is 23.5. The summed E-state index contributed by atoms with van der Waals surface area (Å²) in [5.41, 5.74) is -3.73. The third-order valence-corrected chi connectivity index (χ3v) is 4.39. The van der Waals surface area contributed by atoms with Crippen LogP contribution in [0.25, 0.3) is 0 Å². The second-order valence-electron chi connectivity index (χ2n) is 4.30. The lowest BCUT2D eigenvalue weighted by Crippen LogP contribution is -2.37. The number of nitrogens with zero attached hydrogens (tertiary/aromatic N) is 2. The largest absolute Gasteiger partial charge is 0.293 e. The first kappa shape index (κ1) is 10.6. The number of rotatable bonds is 2. The fourth-order valence-corrected chi connectivity index (χ4v) is 3.55. The van der Waals surface area contributed by atoms with Gasteiger partial charge in [0.25, 0.3) is 0 Å². The predicted octanol–water partition coefficient (Wildman–Crippen LogP) is 0.483. The lowest BCUT2D eigenvalue weighted by Gasteiger charge is -2.18. The monoisotopic (exact) mass is 217 g/mol. The normalized spacial score (nSPS) is 38.2. The topological polar surface area (TPSA) is 93.8 Å². The first-order valence-corrected chi connectivity index (χ1v) is 5.23. The molecular formula is C11H11N3O2. The van der Waals surface area contributed by atoms with Gasteiger partial charge in [-0.25, -0.2) is 0 Å². The molecule has 1 saturated carbocycles. The lowest BCUT2D eigenvalue weighted by molar-refractivity contribution is -0.131. The molecule has 2 atom stereocenters. The minimum Gasteiger partial charge on any atom is -0.293 e. The molecule has 0 aromatic rings. The molecule has 0 spiro atoms. The van der Waals surface area contributed by atoms with Gasteiger partial charge >= 0.3 is 0 Å². The number of piperidine rings is 1. The van der Waals surface area contributed by atoms with Crippen molar-refractivity contribution < 1.29 is 9.59 Å². The molecule has 1 aliphatic carbocycles. The van der Waals surface area contributed by atoms with E-state index in [-0.39, 0.29) is 0 Å². The molecule has 5 nitrogen and oxygen atoms in total. The third kappa shape index (κ3) is 0.573. The van der Waals surface area contributed by atoms with Crippen molar-refractivity contribution in [2.75, 3.05) is 0 Å². The SMILES string of the molecule is CCC1(CC)[C@]2(C#N)C(=O)NC(=O)[C@]12C#N. The van der Waals surface area contributed by atoms with Gasteiger partial charge in [-0.05, 0) is 12.8 Å². The zero-order valence-electron chi connectivity index (χ0n) is 9.13. The van der Waals surface area contributed by atoms with Gasteiger partial charge in [0.05, 0.1) is 12.1 Å². The van der Waals surface area contributed by atoms with Gasteiger partial charge in [0.2, 0.25) is 11.8 Å². The summed E-state index contributed by atoms with van der Waals surface area (Å²) in [5.74, 6) is -1.21. The van der Waals surface area contributed by atoms with E-state index in [2.05, 4.69) is 5.32 Å². The highest BCUT2D eigenvalue weighted by Crippen LogP contribution is 2.83. The molecule has 82 valence electrons. The Labute approximate surface area is 93.0 Å². The van der Waals surface area contributed by atoms with Crippen LogP contribution in [0.5, 0.6) is 0 Å². The highest BCUT2D eigenvalue weighted by atomic mass is 16.2. The Balaban J connectivity index is 2.73. The Bertz CT molecular complexity index is 440. The minimum atomic E-state index is -1.46. The maximum Gasteiger partial charge on any atom is 0.249 e.